The smallest absolute Gasteiger partial charge is 0.319 e. The van der Waals surface area contributed by atoms with Gasteiger partial charge >= 0.3 is 6.03 Å². The SMILES string of the molecule is O=C(Nc1ccc2c(c1)NC(c1cscn1)N2)NC1CC1c1ccccc1. The summed E-state index contributed by atoms with van der Waals surface area (Å²) in [6.45, 7) is 0. The Labute approximate surface area is 161 Å². The van der Waals surface area contributed by atoms with E-state index in [4.69, 9.17) is 0 Å². The molecule has 2 heterocycles. The number of aromatic nitrogens is 1. The van der Waals surface area contributed by atoms with Gasteiger partial charge in [-0.05, 0) is 30.2 Å². The van der Waals surface area contributed by atoms with Crippen LogP contribution in [0.15, 0.2) is 59.4 Å². The molecule has 0 bridgehead atoms. The summed E-state index contributed by atoms with van der Waals surface area (Å²) in [6.07, 6.45) is 0.955. The van der Waals surface area contributed by atoms with Gasteiger partial charge in [-0.3, -0.25) is 0 Å². The molecule has 0 radical (unpaired) electrons. The quantitative estimate of drug-likeness (QED) is 0.545. The van der Waals surface area contributed by atoms with Gasteiger partial charge in [0.15, 0.2) is 0 Å². The number of thiazole rings is 1. The summed E-state index contributed by atoms with van der Waals surface area (Å²) in [5, 5.41) is 14.8. The first-order valence-electron chi connectivity index (χ1n) is 8.94. The van der Waals surface area contributed by atoms with Crippen molar-refractivity contribution in [3.8, 4) is 0 Å². The highest BCUT2D eigenvalue weighted by atomic mass is 32.1. The Kier molecular flexibility index (Phi) is 3.94. The van der Waals surface area contributed by atoms with Crippen LogP contribution in [0.3, 0.4) is 0 Å². The third-order valence-corrected chi connectivity index (χ3v) is 5.56. The van der Waals surface area contributed by atoms with Crippen molar-refractivity contribution in [2.75, 3.05) is 16.0 Å². The Morgan fingerprint density at radius 1 is 1.11 bits per heavy atom. The van der Waals surface area contributed by atoms with E-state index in [9.17, 15) is 4.79 Å². The maximum Gasteiger partial charge on any atom is 0.319 e. The number of hydrogen-bond donors (Lipinski definition) is 4. The highest BCUT2D eigenvalue weighted by Gasteiger charge is 2.39. The molecule has 1 saturated carbocycles. The lowest BCUT2D eigenvalue weighted by Gasteiger charge is -2.09. The molecule has 0 spiro atoms. The summed E-state index contributed by atoms with van der Waals surface area (Å²) in [7, 11) is 0. The zero-order chi connectivity index (χ0) is 18.2. The zero-order valence-corrected chi connectivity index (χ0v) is 15.3. The Morgan fingerprint density at radius 2 is 1.96 bits per heavy atom. The van der Waals surface area contributed by atoms with Crippen LogP contribution >= 0.6 is 11.3 Å². The monoisotopic (exact) mass is 377 g/mol. The van der Waals surface area contributed by atoms with Crippen molar-refractivity contribution in [1.82, 2.24) is 10.3 Å². The summed E-state index contributed by atoms with van der Waals surface area (Å²) in [5.41, 5.74) is 6.79. The Hall–Kier alpha value is -3.06. The topological polar surface area (TPSA) is 78.1 Å². The normalized spacial score (nSPS) is 22.3. The second kappa shape index (κ2) is 6.59. The molecule has 4 N–H and O–H groups in total. The molecular formula is C20H19N5OS. The number of carbonyl (C=O) groups excluding carboxylic acids is 1. The van der Waals surface area contributed by atoms with E-state index in [1.54, 1.807) is 11.3 Å². The highest BCUT2D eigenvalue weighted by molar-refractivity contribution is 7.07. The predicted octanol–water partition coefficient (Wildman–Crippen LogP) is 4.36. The molecule has 2 aromatic carbocycles. The van der Waals surface area contributed by atoms with Crippen molar-refractivity contribution in [1.29, 1.82) is 0 Å². The molecule has 6 nitrogen and oxygen atoms in total. The lowest BCUT2D eigenvalue weighted by molar-refractivity contribution is 0.251. The molecule has 3 unspecified atom stereocenters. The van der Waals surface area contributed by atoms with E-state index >= 15 is 0 Å². The van der Waals surface area contributed by atoms with Gasteiger partial charge in [0, 0.05) is 23.0 Å². The molecule has 3 atom stereocenters. The number of rotatable bonds is 4. The summed E-state index contributed by atoms with van der Waals surface area (Å²) < 4.78 is 0. The minimum Gasteiger partial charge on any atom is -0.359 e. The lowest BCUT2D eigenvalue weighted by atomic mass is 10.1. The van der Waals surface area contributed by atoms with Crippen LogP contribution in [0.5, 0.6) is 0 Å². The van der Waals surface area contributed by atoms with Gasteiger partial charge in [-0.2, -0.15) is 0 Å². The molecule has 2 amide bonds. The van der Waals surface area contributed by atoms with E-state index in [1.807, 2.05) is 47.3 Å². The molecule has 1 aliphatic heterocycles. The molecule has 2 aliphatic rings. The van der Waals surface area contributed by atoms with Crippen LogP contribution in [-0.2, 0) is 0 Å². The maximum atomic E-state index is 12.3. The minimum absolute atomic E-state index is 0.0339. The number of benzene rings is 2. The molecule has 3 aromatic rings. The van der Waals surface area contributed by atoms with Gasteiger partial charge in [-0.15, -0.1) is 11.3 Å². The van der Waals surface area contributed by atoms with Crippen LogP contribution < -0.4 is 21.3 Å². The number of nitrogens with one attached hydrogen (secondary N) is 4. The Bertz CT molecular complexity index is 960. The fraction of sp³-hybridized carbons (Fsp3) is 0.200. The van der Waals surface area contributed by atoms with Crippen LogP contribution in [0.1, 0.15) is 29.8 Å². The standard InChI is InChI=1S/C20H19N5OS/c26-20(25-16-9-14(16)12-4-2-1-3-5-12)22-13-6-7-15-17(8-13)24-19(23-15)18-10-27-11-21-18/h1-8,10-11,14,16,19,23-24H,9H2,(H2,22,25,26). The summed E-state index contributed by atoms with van der Waals surface area (Å²) in [6, 6.07) is 16.2. The van der Waals surface area contributed by atoms with E-state index < -0.39 is 0 Å². The summed E-state index contributed by atoms with van der Waals surface area (Å²) in [5.74, 6) is 0.418. The third-order valence-electron chi connectivity index (χ3n) is 4.96. The van der Waals surface area contributed by atoms with Crippen molar-refractivity contribution in [3.05, 3.63) is 70.7 Å². The number of urea groups is 1. The van der Waals surface area contributed by atoms with Gasteiger partial charge in [-0.25, -0.2) is 9.78 Å². The Balaban J connectivity index is 1.19. The Morgan fingerprint density at radius 3 is 2.78 bits per heavy atom. The number of nitrogens with zero attached hydrogens (tertiary/aromatic N) is 1. The molecule has 0 saturated heterocycles. The average Bonchev–Trinajstić information content (AvgIpc) is 3.09. The fourth-order valence-electron chi connectivity index (χ4n) is 3.49. The van der Waals surface area contributed by atoms with E-state index in [-0.39, 0.29) is 18.2 Å². The van der Waals surface area contributed by atoms with Crippen molar-refractivity contribution >= 4 is 34.4 Å². The average molecular weight is 377 g/mol. The molecule has 7 heteroatoms. The summed E-state index contributed by atoms with van der Waals surface area (Å²) >= 11 is 1.57. The first kappa shape index (κ1) is 16.1. The van der Waals surface area contributed by atoms with E-state index in [2.05, 4.69) is 38.4 Å². The fourth-order valence-corrected chi connectivity index (χ4v) is 4.07. The zero-order valence-electron chi connectivity index (χ0n) is 14.5. The molecule has 5 rings (SSSR count). The van der Waals surface area contributed by atoms with Crippen LogP contribution in [0, 0.1) is 0 Å². The van der Waals surface area contributed by atoms with Crippen molar-refractivity contribution in [2.24, 2.45) is 0 Å². The van der Waals surface area contributed by atoms with Crippen LogP contribution in [0.4, 0.5) is 21.9 Å². The van der Waals surface area contributed by atoms with Gasteiger partial charge in [0.2, 0.25) is 0 Å². The first-order chi connectivity index (χ1) is 13.3. The minimum atomic E-state index is -0.166. The van der Waals surface area contributed by atoms with E-state index in [0.717, 1.165) is 29.2 Å². The second-order valence-corrected chi connectivity index (χ2v) is 7.57. The van der Waals surface area contributed by atoms with Gasteiger partial charge in [0.25, 0.3) is 0 Å². The number of anilines is 3. The molecule has 136 valence electrons. The number of hydrogen-bond acceptors (Lipinski definition) is 5. The van der Waals surface area contributed by atoms with E-state index in [0.29, 0.717) is 5.92 Å². The summed E-state index contributed by atoms with van der Waals surface area (Å²) in [4.78, 5) is 16.7. The van der Waals surface area contributed by atoms with Crippen LogP contribution in [-0.4, -0.2) is 17.1 Å². The number of carbonyl (C=O) groups is 1. The highest BCUT2D eigenvalue weighted by Crippen LogP contribution is 2.41. The van der Waals surface area contributed by atoms with Crippen molar-refractivity contribution in [2.45, 2.75) is 24.5 Å². The molecule has 1 fully saturated rings. The van der Waals surface area contributed by atoms with Gasteiger partial charge < -0.3 is 21.3 Å². The third kappa shape index (κ3) is 3.33. The predicted molar refractivity (Wildman–Crippen MR) is 108 cm³/mol. The second-order valence-electron chi connectivity index (χ2n) is 6.85. The number of amides is 2. The molecule has 27 heavy (non-hydrogen) atoms. The largest absolute Gasteiger partial charge is 0.359 e. The molecule has 1 aliphatic carbocycles. The van der Waals surface area contributed by atoms with Gasteiger partial charge in [0.1, 0.15) is 6.17 Å². The van der Waals surface area contributed by atoms with Crippen LogP contribution in [0.25, 0.3) is 0 Å². The number of fused-ring (bicyclic) bond motifs is 1. The van der Waals surface area contributed by atoms with Crippen molar-refractivity contribution in [3.63, 3.8) is 0 Å². The maximum absolute atomic E-state index is 12.3. The first-order valence-corrected chi connectivity index (χ1v) is 9.88. The van der Waals surface area contributed by atoms with Crippen LogP contribution in [0.2, 0.25) is 0 Å². The van der Waals surface area contributed by atoms with Gasteiger partial charge in [0.05, 0.1) is 22.6 Å². The molecular weight excluding hydrogens is 358 g/mol. The van der Waals surface area contributed by atoms with E-state index in [1.165, 1.54) is 5.56 Å². The lowest BCUT2D eigenvalue weighted by Crippen LogP contribution is -2.31. The van der Waals surface area contributed by atoms with Gasteiger partial charge in [-0.1, -0.05) is 30.3 Å². The molecule has 1 aromatic heterocycles. The van der Waals surface area contributed by atoms with Crippen molar-refractivity contribution < 1.29 is 4.79 Å².